The number of aryl methyl sites for hydroxylation is 1. The lowest BCUT2D eigenvalue weighted by Gasteiger charge is -2.21. The second-order valence-electron chi connectivity index (χ2n) is 4.38. The van der Waals surface area contributed by atoms with Gasteiger partial charge < -0.3 is 10.0 Å². The molecule has 1 aromatic rings. The van der Waals surface area contributed by atoms with E-state index in [2.05, 4.69) is 0 Å². The first-order valence-corrected chi connectivity index (χ1v) is 5.65. The van der Waals surface area contributed by atoms with Gasteiger partial charge in [-0.05, 0) is 31.4 Å². The fourth-order valence-corrected chi connectivity index (χ4v) is 2.21. The molecule has 1 amide bonds. The molecule has 0 spiro atoms. The van der Waals surface area contributed by atoms with Crippen LogP contribution in [-0.4, -0.2) is 23.5 Å². The highest BCUT2D eigenvalue weighted by Gasteiger charge is 2.32. The van der Waals surface area contributed by atoms with Crippen LogP contribution in [0.25, 0.3) is 0 Å². The zero-order valence-electron chi connectivity index (χ0n) is 9.93. The van der Waals surface area contributed by atoms with Crippen molar-refractivity contribution in [3.05, 3.63) is 29.3 Å². The van der Waals surface area contributed by atoms with Crippen LogP contribution in [0.3, 0.4) is 0 Å². The molecule has 90 valence electrons. The average Bonchev–Trinajstić information content (AvgIpc) is 2.72. The standard InChI is InChI=1S/C13H15NO3/c1-8-4-3-5-10-6-7-14(11(8)10)12(15)9(2)13(16)17/h3-5,9H,6-7H2,1-2H3,(H,16,17). The van der Waals surface area contributed by atoms with Gasteiger partial charge in [-0.2, -0.15) is 0 Å². The molecule has 4 nitrogen and oxygen atoms in total. The highest BCUT2D eigenvalue weighted by Crippen LogP contribution is 2.32. The monoisotopic (exact) mass is 233 g/mol. The summed E-state index contributed by atoms with van der Waals surface area (Å²) >= 11 is 0. The Balaban J connectivity index is 2.34. The molecule has 1 aliphatic heterocycles. The molecule has 0 aromatic heterocycles. The van der Waals surface area contributed by atoms with Crippen molar-refractivity contribution in [3.63, 3.8) is 0 Å². The first kappa shape index (κ1) is 11.6. The van der Waals surface area contributed by atoms with E-state index in [0.29, 0.717) is 6.54 Å². The molecule has 0 saturated carbocycles. The molecule has 1 atom stereocenters. The molecule has 2 rings (SSSR count). The molecular weight excluding hydrogens is 218 g/mol. The van der Waals surface area contributed by atoms with Gasteiger partial charge in [0.1, 0.15) is 5.92 Å². The van der Waals surface area contributed by atoms with Crippen molar-refractivity contribution in [1.82, 2.24) is 0 Å². The minimum Gasteiger partial charge on any atom is -0.481 e. The van der Waals surface area contributed by atoms with Crippen LogP contribution in [0.4, 0.5) is 5.69 Å². The molecule has 0 bridgehead atoms. The van der Waals surface area contributed by atoms with Gasteiger partial charge in [-0.1, -0.05) is 18.2 Å². The van der Waals surface area contributed by atoms with Crippen molar-refractivity contribution in [2.45, 2.75) is 20.3 Å². The number of hydrogen-bond acceptors (Lipinski definition) is 2. The van der Waals surface area contributed by atoms with Crippen molar-refractivity contribution in [1.29, 1.82) is 0 Å². The van der Waals surface area contributed by atoms with Crippen molar-refractivity contribution < 1.29 is 14.7 Å². The third kappa shape index (κ3) is 1.90. The van der Waals surface area contributed by atoms with Crippen LogP contribution < -0.4 is 4.90 Å². The molecule has 1 unspecified atom stereocenters. The van der Waals surface area contributed by atoms with Crippen molar-refractivity contribution in [3.8, 4) is 0 Å². The quantitative estimate of drug-likeness (QED) is 0.789. The summed E-state index contributed by atoms with van der Waals surface area (Å²) in [6.07, 6.45) is 0.801. The minimum absolute atomic E-state index is 0.328. The highest BCUT2D eigenvalue weighted by molar-refractivity contribution is 6.06. The van der Waals surface area contributed by atoms with Crippen molar-refractivity contribution in [2.24, 2.45) is 5.92 Å². The summed E-state index contributed by atoms with van der Waals surface area (Å²) in [6.45, 7) is 3.95. The van der Waals surface area contributed by atoms with Crippen LogP contribution in [0.2, 0.25) is 0 Å². The molecule has 4 heteroatoms. The number of anilines is 1. The number of carboxylic acid groups (broad SMARTS) is 1. The van der Waals surface area contributed by atoms with Gasteiger partial charge in [-0.3, -0.25) is 9.59 Å². The number of carbonyl (C=O) groups is 2. The first-order chi connectivity index (χ1) is 8.02. The molecule has 0 saturated heterocycles. The Morgan fingerprint density at radius 1 is 1.41 bits per heavy atom. The van der Waals surface area contributed by atoms with Gasteiger partial charge in [0.2, 0.25) is 5.91 Å². The summed E-state index contributed by atoms with van der Waals surface area (Å²) < 4.78 is 0. The van der Waals surface area contributed by atoms with Crippen LogP contribution in [0.5, 0.6) is 0 Å². The molecule has 1 N–H and O–H groups in total. The number of benzene rings is 1. The lowest BCUT2D eigenvalue weighted by molar-refractivity contribution is -0.145. The van der Waals surface area contributed by atoms with E-state index in [1.807, 2.05) is 25.1 Å². The molecule has 0 radical (unpaired) electrons. The normalized spacial score (nSPS) is 15.5. The molecule has 1 heterocycles. The highest BCUT2D eigenvalue weighted by atomic mass is 16.4. The van der Waals surface area contributed by atoms with E-state index in [4.69, 9.17) is 5.11 Å². The summed E-state index contributed by atoms with van der Waals surface area (Å²) in [6, 6.07) is 5.89. The van der Waals surface area contributed by atoms with E-state index < -0.39 is 11.9 Å². The van der Waals surface area contributed by atoms with Gasteiger partial charge >= 0.3 is 5.97 Å². The number of para-hydroxylation sites is 1. The molecule has 0 fully saturated rings. The predicted molar refractivity (Wildman–Crippen MR) is 64.0 cm³/mol. The van der Waals surface area contributed by atoms with Gasteiger partial charge in [0.15, 0.2) is 0 Å². The van der Waals surface area contributed by atoms with Crippen LogP contribution in [0.15, 0.2) is 18.2 Å². The van der Waals surface area contributed by atoms with E-state index in [1.165, 1.54) is 6.92 Å². The van der Waals surface area contributed by atoms with Gasteiger partial charge in [0.05, 0.1) is 0 Å². The van der Waals surface area contributed by atoms with Crippen LogP contribution in [0, 0.1) is 12.8 Å². The average molecular weight is 233 g/mol. The van der Waals surface area contributed by atoms with Gasteiger partial charge in [0, 0.05) is 12.2 Å². The maximum Gasteiger partial charge on any atom is 0.315 e. The number of carbonyl (C=O) groups excluding carboxylic acids is 1. The fourth-order valence-electron chi connectivity index (χ4n) is 2.21. The Bertz CT molecular complexity index is 482. The van der Waals surface area contributed by atoms with Gasteiger partial charge in [-0.25, -0.2) is 0 Å². The second kappa shape index (κ2) is 4.20. The predicted octanol–water partition coefficient (Wildman–Crippen LogP) is 1.60. The number of rotatable bonds is 2. The van der Waals surface area contributed by atoms with Gasteiger partial charge in [-0.15, -0.1) is 0 Å². The third-order valence-corrected chi connectivity index (χ3v) is 3.20. The maximum absolute atomic E-state index is 12.0. The van der Waals surface area contributed by atoms with Crippen LogP contribution in [0.1, 0.15) is 18.1 Å². The third-order valence-electron chi connectivity index (χ3n) is 3.20. The second-order valence-corrected chi connectivity index (χ2v) is 4.38. The summed E-state index contributed by atoms with van der Waals surface area (Å²) in [7, 11) is 0. The number of carboxylic acids is 1. The largest absolute Gasteiger partial charge is 0.481 e. The van der Waals surface area contributed by atoms with Crippen LogP contribution in [-0.2, 0) is 16.0 Å². The molecular formula is C13H15NO3. The minimum atomic E-state index is -1.07. The van der Waals surface area contributed by atoms with Crippen LogP contribution >= 0.6 is 0 Å². The topological polar surface area (TPSA) is 57.6 Å². The number of aliphatic carboxylic acids is 1. The van der Waals surface area contributed by atoms with E-state index in [1.54, 1.807) is 4.90 Å². The van der Waals surface area contributed by atoms with E-state index in [0.717, 1.165) is 23.2 Å². The molecule has 17 heavy (non-hydrogen) atoms. The van der Waals surface area contributed by atoms with Crippen molar-refractivity contribution >= 4 is 17.6 Å². The Kier molecular flexibility index (Phi) is 2.88. The zero-order chi connectivity index (χ0) is 12.6. The molecule has 1 aromatic carbocycles. The van der Waals surface area contributed by atoms with E-state index in [9.17, 15) is 9.59 Å². The Morgan fingerprint density at radius 2 is 2.12 bits per heavy atom. The molecule has 0 aliphatic carbocycles. The number of amides is 1. The summed E-state index contributed by atoms with van der Waals surface area (Å²) in [4.78, 5) is 24.5. The zero-order valence-corrected chi connectivity index (χ0v) is 9.93. The smallest absolute Gasteiger partial charge is 0.315 e. The first-order valence-electron chi connectivity index (χ1n) is 5.65. The Morgan fingerprint density at radius 3 is 2.76 bits per heavy atom. The molecule has 1 aliphatic rings. The number of hydrogen-bond donors (Lipinski definition) is 1. The summed E-state index contributed by atoms with van der Waals surface area (Å²) in [5, 5.41) is 8.88. The summed E-state index contributed by atoms with van der Waals surface area (Å²) in [5.41, 5.74) is 3.03. The van der Waals surface area contributed by atoms with Crippen molar-refractivity contribution in [2.75, 3.05) is 11.4 Å². The maximum atomic E-state index is 12.0. The lowest BCUT2D eigenvalue weighted by Crippen LogP contribution is -2.37. The van der Waals surface area contributed by atoms with Gasteiger partial charge in [0.25, 0.3) is 0 Å². The van der Waals surface area contributed by atoms with E-state index >= 15 is 0 Å². The van der Waals surface area contributed by atoms with E-state index in [-0.39, 0.29) is 5.91 Å². The SMILES string of the molecule is Cc1cccc2c1N(C(=O)C(C)C(=O)O)CC2. The fraction of sp³-hybridized carbons (Fsp3) is 0.385. The lowest BCUT2D eigenvalue weighted by atomic mass is 10.1. The Labute approximate surface area is 99.9 Å². The summed E-state index contributed by atoms with van der Waals surface area (Å²) in [5.74, 6) is -2.39. The Hall–Kier alpha value is -1.84. The number of nitrogens with zero attached hydrogens (tertiary/aromatic N) is 1. The number of fused-ring (bicyclic) bond motifs is 1.